The minimum Gasteiger partial charge on any atom is -0.259 e. The number of aromatic nitrogens is 3. The van der Waals surface area contributed by atoms with Gasteiger partial charge < -0.3 is 0 Å². The lowest BCUT2D eigenvalue weighted by atomic mass is 10.1. The standard InChI is InChI=1S/C15H11ClN4O2/c1-9-7-11(5-6-13(9)20(21)22)15-17-14(18-19-15)10-3-2-4-12(16)8-10/h2-8H,1H3,(H,17,18,19). The first-order valence-corrected chi connectivity index (χ1v) is 6.86. The van der Waals surface area contributed by atoms with Crippen LogP contribution in [0.5, 0.6) is 0 Å². The Labute approximate surface area is 130 Å². The monoisotopic (exact) mass is 314 g/mol. The van der Waals surface area contributed by atoms with Crippen LogP contribution in [0, 0.1) is 17.0 Å². The molecule has 0 aliphatic carbocycles. The number of nitrogens with one attached hydrogen (secondary N) is 1. The SMILES string of the molecule is Cc1cc(-c2nc(-c3cccc(Cl)c3)n[nH]2)ccc1[N+](=O)[O-]. The highest BCUT2D eigenvalue weighted by atomic mass is 35.5. The Hall–Kier alpha value is -2.73. The second kappa shape index (κ2) is 5.57. The third kappa shape index (κ3) is 2.68. The minimum atomic E-state index is -0.406. The molecule has 1 heterocycles. The normalized spacial score (nSPS) is 10.6. The summed E-state index contributed by atoms with van der Waals surface area (Å²) in [5.41, 5.74) is 2.19. The molecule has 0 aliphatic heterocycles. The van der Waals surface area contributed by atoms with Crippen molar-refractivity contribution in [3.05, 3.63) is 63.2 Å². The summed E-state index contributed by atoms with van der Waals surface area (Å²) >= 11 is 5.96. The smallest absolute Gasteiger partial charge is 0.259 e. The number of nitro benzene ring substituents is 1. The van der Waals surface area contributed by atoms with Gasteiger partial charge in [-0.1, -0.05) is 23.7 Å². The van der Waals surface area contributed by atoms with E-state index in [1.165, 1.54) is 6.07 Å². The van der Waals surface area contributed by atoms with Crippen LogP contribution in [0.25, 0.3) is 22.8 Å². The Morgan fingerprint density at radius 1 is 1.18 bits per heavy atom. The summed E-state index contributed by atoms with van der Waals surface area (Å²) in [7, 11) is 0. The number of benzene rings is 2. The summed E-state index contributed by atoms with van der Waals surface area (Å²) in [5, 5.41) is 18.5. The van der Waals surface area contributed by atoms with Gasteiger partial charge in [-0.25, -0.2) is 4.98 Å². The molecule has 2 aromatic carbocycles. The molecule has 0 atom stereocenters. The summed E-state index contributed by atoms with van der Waals surface area (Å²) < 4.78 is 0. The molecule has 0 saturated carbocycles. The van der Waals surface area contributed by atoms with Crippen molar-refractivity contribution in [2.75, 3.05) is 0 Å². The van der Waals surface area contributed by atoms with Crippen LogP contribution in [0.2, 0.25) is 5.02 Å². The molecule has 3 aromatic rings. The molecule has 0 spiro atoms. The van der Waals surface area contributed by atoms with E-state index in [-0.39, 0.29) is 5.69 Å². The van der Waals surface area contributed by atoms with Crippen molar-refractivity contribution < 1.29 is 4.92 Å². The average Bonchev–Trinajstić information content (AvgIpc) is 2.96. The van der Waals surface area contributed by atoms with Crippen LogP contribution in [0.1, 0.15) is 5.56 Å². The lowest BCUT2D eigenvalue weighted by molar-refractivity contribution is -0.385. The van der Waals surface area contributed by atoms with Gasteiger partial charge in [-0.2, -0.15) is 5.10 Å². The van der Waals surface area contributed by atoms with Gasteiger partial charge in [-0.3, -0.25) is 15.2 Å². The van der Waals surface area contributed by atoms with Crippen molar-refractivity contribution in [1.82, 2.24) is 15.2 Å². The molecular formula is C15H11ClN4O2. The molecule has 1 N–H and O–H groups in total. The summed E-state index contributed by atoms with van der Waals surface area (Å²) in [6.45, 7) is 1.69. The number of aryl methyl sites for hydroxylation is 1. The number of H-pyrrole nitrogens is 1. The maximum atomic E-state index is 10.8. The average molecular weight is 315 g/mol. The molecule has 1 aromatic heterocycles. The minimum absolute atomic E-state index is 0.0818. The van der Waals surface area contributed by atoms with Crippen LogP contribution >= 0.6 is 11.6 Å². The lowest BCUT2D eigenvalue weighted by Crippen LogP contribution is -1.92. The zero-order valence-corrected chi connectivity index (χ0v) is 12.3. The van der Waals surface area contributed by atoms with Gasteiger partial charge in [0.2, 0.25) is 0 Å². The number of nitrogens with zero attached hydrogens (tertiary/aromatic N) is 3. The van der Waals surface area contributed by atoms with Crippen LogP contribution < -0.4 is 0 Å². The first kappa shape index (κ1) is 14.2. The summed E-state index contributed by atoms with van der Waals surface area (Å²) in [5.74, 6) is 1.07. The van der Waals surface area contributed by atoms with Gasteiger partial charge >= 0.3 is 0 Å². The van der Waals surface area contributed by atoms with Gasteiger partial charge in [0.05, 0.1) is 4.92 Å². The van der Waals surface area contributed by atoms with Crippen molar-refractivity contribution in [2.24, 2.45) is 0 Å². The van der Waals surface area contributed by atoms with E-state index in [4.69, 9.17) is 11.6 Å². The number of halogens is 1. The number of rotatable bonds is 3. The Balaban J connectivity index is 1.97. The van der Waals surface area contributed by atoms with E-state index in [0.717, 1.165) is 11.1 Å². The maximum absolute atomic E-state index is 10.8. The fourth-order valence-corrected chi connectivity index (χ4v) is 2.35. The summed E-state index contributed by atoms with van der Waals surface area (Å²) in [4.78, 5) is 14.9. The predicted molar refractivity (Wildman–Crippen MR) is 83.7 cm³/mol. The topological polar surface area (TPSA) is 84.7 Å². The highest BCUT2D eigenvalue weighted by Gasteiger charge is 2.13. The van der Waals surface area contributed by atoms with E-state index < -0.39 is 4.92 Å². The Bertz CT molecular complexity index is 860. The molecule has 0 unspecified atom stereocenters. The largest absolute Gasteiger partial charge is 0.272 e. The highest BCUT2D eigenvalue weighted by Crippen LogP contribution is 2.26. The van der Waals surface area contributed by atoms with E-state index in [1.807, 2.05) is 12.1 Å². The molecule has 0 amide bonds. The van der Waals surface area contributed by atoms with Gasteiger partial charge in [-0.15, -0.1) is 0 Å². The molecule has 0 bridgehead atoms. The summed E-state index contributed by atoms with van der Waals surface area (Å²) in [6, 6.07) is 12.1. The third-order valence-electron chi connectivity index (χ3n) is 3.24. The van der Waals surface area contributed by atoms with Crippen molar-refractivity contribution in [1.29, 1.82) is 0 Å². The number of hydrogen-bond donors (Lipinski definition) is 1. The van der Waals surface area contributed by atoms with Gasteiger partial charge in [0.1, 0.15) is 0 Å². The lowest BCUT2D eigenvalue weighted by Gasteiger charge is -2.00. The van der Waals surface area contributed by atoms with Crippen LogP contribution in [0.3, 0.4) is 0 Å². The fourth-order valence-electron chi connectivity index (χ4n) is 2.16. The third-order valence-corrected chi connectivity index (χ3v) is 3.47. The number of nitro groups is 1. The highest BCUT2D eigenvalue weighted by molar-refractivity contribution is 6.30. The van der Waals surface area contributed by atoms with Gasteiger partial charge in [-0.05, 0) is 31.2 Å². The quantitative estimate of drug-likeness (QED) is 0.584. The van der Waals surface area contributed by atoms with Crippen LogP contribution in [-0.2, 0) is 0 Å². The second-order valence-corrected chi connectivity index (χ2v) is 5.21. The molecule has 110 valence electrons. The van der Waals surface area contributed by atoms with Crippen molar-refractivity contribution in [2.45, 2.75) is 6.92 Å². The zero-order valence-electron chi connectivity index (χ0n) is 11.6. The van der Waals surface area contributed by atoms with E-state index in [0.29, 0.717) is 22.2 Å². The van der Waals surface area contributed by atoms with Crippen LogP contribution in [-0.4, -0.2) is 20.1 Å². The van der Waals surface area contributed by atoms with Gasteiger partial charge in [0.15, 0.2) is 11.6 Å². The maximum Gasteiger partial charge on any atom is 0.272 e. The molecule has 3 rings (SSSR count). The van der Waals surface area contributed by atoms with Crippen LogP contribution in [0.15, 0.2) is 42.5 Å². The Kier molecular flexibility index (Phi) is 3.60. The Morgan fingerprint density at radius 2 is 2.00 bits per heavy atom. The first-order chi connectivity index (χ1) is 10.5. The van der Waals surface area contributed by atoms with E-state index in [9.17, 15) is 10.1 Å². The molecule has 7 heteroatoms. The zero-order chi connectivity index (χ0) is 15.7. The van der Waals surface area contributed by atoms with Crippen molar-refractivity contribution in [3.8, 4) is 22.8 Å². The Morgan fingerprint density at radius 3 is 2.68 bits per heavy atom. The molecule has 0 saturated heterocycles. The van der Waals surface area contributed by atoms with Gasteiger partial charge in [0, 0.05) is 27.8 Å². The van der Waals surface area contributed by atoms with E-state index in [1.54, 1.807) is 31.2 Å². The molecular weight excluding hydrogens is 304 g/mol. The summed E-state index contributed by atoms with van der Waals surface area (Å²) in [6.07, 6.45) is 0. The second-order valence-electron chi connectivity index (χ2n) is 4.78. The number of hydrogen-bond acceptors (Lipinski definition) is 4. The molecule has 0 aliphatic rings. The fraction of sp³-hybridized carbons (Fsp3) is 0.0667. The molecule has 0 radical (unpaired) electrons. The molecule has 22 heavy (non-hydrogen) atoms. The van der Waals surface area contributed by atoms with Crippen molar-refractivity contribution in [3.63, 3.8) is 0 Å². The van der Waals surface area contributed by atoms with Gasteiger partial charge in [0.25, 0.3) is 5.69 Å². The predicted octanol–water partition coefficient (Wildman–Crippen LogP) is 4.01. The van der Waals surface area contributed by atoms with E-state index in [2.05, 4.69) is 15.2 Å². The van der Waals surface area contributed by atoms with E-state index >= 15 is 0 Å². The number of aromatic amines is 1. The van der Waals surface area contributed by atoms with Crippen molar-refractivity contribution >= 4 is 17.3 Å². The molecule has 6 nitrogen and oxygen atoms in total. The van der Waals surface area contributed by atoms with Crippen LogP contribution in [0.4, 0.5) is 5.69 Å². The molecule has 0 fully saturated rings. The first-order valence-electron chi connectivity index (χ1n) is 6.48.